The first-order chi connectivity index (χ1) is 36.8. The normalized spacial score (nSPS) is 19.4. The van der Waals surface area contributed by atoms with Gasteiger partial charge in [-0.05, 0) is 83.5 Å². The van der Waals surface area contributed by atoms with E-state index < -0.39 is 49.5 Å². The summed E-state index contributed by atoms with van der Waals surface area (Å²) in [6, 6.07) is -0.837. The zero-order chi connectivity index (χ0) is 54.3. The van der Waals surface area contributed by atoms with Crippen molar-refractivity contribution in [2.24, 2.45) is 0 Å². The molecule has 1 aliphatic heterocycles. The molecule has 0 aromatic heterocycles. The number of unbranched alkanes of at least 4 members (excludes halogenated alkanes) is 34. The molecule has 1 heterocycles. The van der Waals surface area contributed by atoms with Crippen LogP contribution in [-0.2, 0) is 14.3 Å². The Hall–Kier alpha value is -2.37. The molecule has 6 N–H and O–H groups in total. The summed E-state index contributed by atoms with van der Waals surface area (Å²) < 4.78 is 11.3. The van der Waals surface area contributed by atoms with E-state index in [0.29, 0.717) is 6.42 Å². The van der Waals surface area contributed by atoms with E-state index in [1.165, 1.54) is 193 Å². The summed E-state index contributed by atoms with van der Waals surface area (Å²) >= 11 is 0. The van der Waals surface area contributed by atoms with Gasteiger partial charge in [-0.1, -0.05) is 267 Å². The predicted molar refractivity (Wildman–Crippen MR) is 318 cm³/mol. The van der Waals surface area contributed by atoms with Crippen LogP contribution in [-0.4, -0.2) is 87.5 Å². The molecule has 75 heavy (non-hydrogen) atoms. The Labute approximate surface area is 461 Å². The summed E-state index contributed by atoms with van der Waals surface area (Å²) in [5.41, 5.74) is 0. The van der Waals surface area contributed by atoms with Crippen LogP contribution in [0.2, 0.25) is 0 Å². The Morgan fingerprint density at radius 1 is 0.453 bits per heavy atom. The second-order valence-electron chi connectivity index (χ2n) is 21.8. The lowest BCUT2D eigenvalue weighted by molar-refractivity contribution is -0.302. The zero-order valence-electron chi connectivity index (χ0n) is 48.5. The van der Waals surface area contributed by atoms with Crippen LogP contribution in [0.5, 0.6) is 0 Å². The Balaban J connectivity index is 2.23. The van der Waals surface area contributed by atoms with Crippen molar-refractivity contribution in [1.82, 2.24) is 5.32 Å². The van der Waals surface area contributed by atoms with Gasteiger partial charge < -0.3 is 40.3 Å². The summed E-state index contributed by atoms with van der Waals surface area (Å²) in [5.74, 6) is -0.198. The third kappa shape index (κ3) is 44.2. The van der Waals surface area contributed by atoms with Crippen LogP contribution < -0.4 is 5.32 Å². The number of carbonyl (C=O) groups is 1. The Kier molecular flexibility index (Phi) is 51.8. The van der Waals surface area contributed by atoms with Crippen molar-refractivity contribution in [2.45, 2.75) is 326 Å². The van der Waals surface area contributed by atoms with Crippen LogP contribution in [0.4, 0.5) is 0 Å². The second-order valence-corrected chi connectivity index (χ2v) is 21.8. The van der Waals surface area contributed by atoms with Crippen molar-refractivity contribution in [2.75, 3.05) is 13.2 Å². The van der Waals surface area contributed by atoms with Gasteiger partial charge in [-0.2, -0.15) is 0 Å². The maximum Gasteiger partial charge on any atom is 0.220 e. The summed E-state index contributed by atoms with van der Waals surface area (Å²) in [4.78, 5) is 13.1. The first kappa shape index (κ1) is 70.6. The number of ether oxygens (including phenoxy) is 2. The molecule has 7 unspecified atom stereocenters. The number of amides is 1. The number of rotatable bonds is 54. The molecule has 1 fully saturated rings. The molecule has 0 saturated carbocycles. The molecule has 0 spiro atoms. The van der Waals surface area contributed by atoms with Crippen LogP contribution in [0.1, 0.15) is 284 Å². The van der Waals surface area contributed by atoms with Crippen LogP contribution in [0.3, 0.4) is 0 Å². The van der Waals surface area contributed by atoms with Crippen LogP contribution in [0, 0.1) is 0 Å². The minimum absolute atomic E-state index is 0.198. The second kappa shape index (κ2) is 55.0. The fourth-order valence-electron chi connectivity index (χ4n) is 9.73. The van der Waals surface area contributed by atoms with E-state index in [0.717, 1.165) is 70.6 Å². The monoisotopic (exact) mass is 1050 g/mol. The standard InChI is InChI=1S/C66H119NO8/c1-3-5-7-9-11-13-15-17-19-21-23-25-27-28-29-30-31-32-34-35-37-39-41-43-45-47-49-51-53-55-60(69)59(58-74-66-65(73)64(72)63(71)61(57-68)75-66)67-62(70)56-54-52-50-48-46-44-42-40-38-36-33-26-24-22-20-18-16-14-12-10-8-6-4-2/h16,18,22,24,33,36-37,39,45,47,53,55,59-61,63-66,68-69,71-73H,3-15,17,19-21,23,25-32,34-35,38,40-44,46,48-52,54,56-58H2,1-2H3,(H,67,70)/b18-16-,24-22-,36-33-,39-37+,47-45+,55-53+. The van der Waals surface area contributed by atoms with Crippen LogP contribution in [0.15, 0.2) is 72.9 Å². The molecule has 1 saturated heterocycles. The van der Waals surface area contributed by atoms with Gasteiger partial charge in [-0.3, -0.25) is 4.79 Å². The summed E-state index contributed by atoms with van der Waals surface area (Å²) in [6.45, 7) is 3.76. The Morgan fingerprint density at radius 3 is 1.21 bits per heavy atom. The molecule has 0 bridgehead atoms. The van der Waals surface area contributed by atoms with E-state index in [4.69, 9.17) is 9.47 Å². The van der Waals surface area contributed by atoms with E-state index in [9.17, 15) is 30.3 Å². The molecule has 7 atom stereocenters. The van der Waals surface area contributed by atoms with Crippen molar-refractivity contribution in [3.05, 3.63) is 72.9 Å². The van der Waals surface area contributed by atoms with Crippen molar-refractivity contribution in [3.63, 3.8) is 0 Å². The number of aliphatic hydroxyl groups excluding tert-OH is 5. The minimum atomic E-state index is -1.58. The van der Waals surface area contributed by atoms with Gasteiger partial charge in [-0.25, -0.2) is 0 Å². The number of hydrogen-bond donors (Lipinski definition) is 6. The van der Waals surface area contributed by atoms with Gasteiger partial charge in [0.1, 0.15) is 24.4 Å². The average Bonchev–Trinajstić information content (AvgIpc) is 3.41. The van der Waals surface area contributed by atoms with Gasteiger partial charge in [0.2, 0.25) is 5.91 Å². The van der Waals surface area contributed by atoms with Crippen LogP contribution in [0.25, 0.3) is 0 Å². The quantitative estimate of drug-likeness (QED) is 0.0261. The summed E-state index contributed by atoms with van der Waals surface area (Å²) in [5, 5.41) is 54.6. The molecule has 1 amide bonds. The van der Waals surface area contributed by atoms with Gasteiger partial charge in [-0.15, -0.1) is 0 Å². The molecule has 436 valence electrons. The number of hydrogen-bond acceptors (Lipinski definition) is 8. The summed E-state index contributed by atoms with van der Waals surface area (Å²) in [7, 11) is 0. The lowest BCUT2D eigenvalue weighted by Gasteiger charge is -2.40. The maximum absolute atomic E-state index is 13.1. The smallest absolute Gasteiger partial charge is 0.220 e. The molecular formula is C66H119NO8. The Bertz CT molecular complexity index is 1410. The highest BCUT2D eigenvalue weighted by atomic mass is 16.7. The van der Waals surface area contributed by atoms with E-state index in [-0.39, 0.29) is 12.5 Å². The molecule has 9 heteroatoms. The average molecular weight is 1050 g/mol. The third-order valence-electron chi connectivity index (χ3n) is 14.7. The van der Waals surface area contributed by atoms with Gasteiger partial charge >= 0.3 is 0 Å². The topological polar surface area (TPSA) is 149 Å². The number of allylic oxidation sites excluding steroid dienone is 11. The highest BCUT2D eigenvalue weighted by Gasteiger charge is 2.44. The van der Waals surface area contributed by atoms with E-state index in [1.54, 1.807) is 6.08 Å². The van der Waals surface area contributed by atoms with E-state index in [1.807, 2.05) is 6.08 Å². The lowest BCUT2D eigenvalue weighted by Crippen LogP contribution is -2.60. The number of carbonyl (C=O) groups excluding carboxylic acids is 1. The molecule has 0 aromatic carbocycles. The van der Waals surface area contributed by atoms with Crippen molar-refractivity contribution < 1.29 is 39.8 Å². The van der Waals surface area contributed by atoms with Gasteiger partial charge in [0, 0.05) is 6.42 Å². The summed E-state index contributed by atoms with van der Waals surface area (Å²) in [6.07, 6.45) is 69.8. The first-order valence-corrected chi connectivity index (χ1v) is 31.7. The number of aliphatic hydroxyl groups is 5. The van der Waals surface area contributed by atoms with Gasteiger partial charge in [0.05, 0.1) is 25.4 Å². The van der Waals surface area contributed by atoms with Crippen molar-refractivity contribution in [1.29, 1.82) is 0 Å². The van der Waals surface area contributed by atoms with Gasteiger partial charge in [0.15, 0.2) is 6.29 Å². The first-order valence-electron chi connectivity index (χ1n) is 31.7. The number of nitrogens with one attached hydrogen (secondary N) is 1. The predicted octanol–water partition coefficient (Wildman–Crippen LogP) is 16.4. The van der Waals surface area contributed by atoms with Crippen molar-refractivity contribution in [3.8, 4) is 0 Å². The van der Waals surface area contributed by atoms with E-state index in [2.05, 4.69) is 79.9 Å². The zero-order valence-corrected chi connectivity index (χ0v) is 48.5. The SMILES string of the molecule is CCCCCCC/C=C\C/C=C\C/C=C\CCCCCCCCCCC(=O)NC(COC1OC(CO)C(O)C(O)C1O)C(O)/C=C/CC/C=C/CC/C=C/CCCCCCCCCCCCCCCCCCCCC. The van der Waals surface area contributed by atoms with Gasteiger partial charge in [0.25, 0.3) is 0 Å². The van der Waals surface area contributed by atoms with E-state index >= 15 is 0 Å². The molecule has 1 aliphatic rings. The fraction of sp³-hybridized carbons (Fsp3) is 0.803. The van der Waals surface area contributed by atoms with Crippen LogP contribution >= 0.6 is 0 Å². The minimum Gasteiger partial charge on any atom is -0.394 e. The lowest BCUT2D eigenvalue weighted by atomic mass is 9.99. The molecule has 9 nitrogen and oxygen atoms in total. The molecular weight excluding hydrogens is 935 g/mol. The molecule has 1 rings (SSSR count). The molecule has 0 radical (unpaired) electrons. The fourth-order valence-corrected chi connectivity index (χ4v) is 9.73. The maximum atomic E-state index is 13.1. The van der Waals surface area contributed by atoms with Crippen molar-refractivity contribution >= 4 is 5.91 Å². The Morgan fingerprint density at radius 2 is 0.800 bits per heavy atom. The molecule has 0 aromatic rings. The largest absolute Gasteiger partial charge is 0.394 e. The third-order valence-corrected chi connectivity index (χ3v) is 14.7. The highest BCUT2D eigenvalue weighted by Crippen LogP contribution is 2.23. The molecule has 0 aliphatic carbocycles. The highest BCUT2D eigenvalue weighted by molar-refractivity contribution is 5.76.